The standard InChI is InChI=1S/C29H28F2N8O/c1-17(2)39-18(3)35-28-22(30)12-21(13-24(28)39)27-23(31)15-34-29(37-27)36-25-6-5-20(14-33-25)11-19-7-9-38(10-8-19)26(40)16-32-4/h5-6,11-15,17H,7-10,16H2,1-3H3,(H,33,34,36,37). The number of anilines is 2. The number of rotatable bonds is 6. The Morgan fingerprint density at radius 3 is 2.58 bits per heavy atom. The van der Waals surface area contributed by atoms with Gasteiger partial charge in [-0.3, -0.25) is 4.79 Å². The summed E-state index contributed by atoms with van der Waals surface area (Å²) in [6.45, 7) is 13.7. The summed E-state index contributed by atoms with van der Waals surface area (Å²) in [5.74, 6) is -0.0768. The van der Waals surface area contributed by atoms with Gasteiger partial charge in [0.25, 0.3) is 6.54 Å². The zero-order valence-electron chi connectivity index (χ0n) is 22.4. The number of nitrogens with one attached hydrogen (secondary N) is 1. The Morgan fingerprint density at radius 1 is 1.12 bits per heavy atom. The molecule has 1 fully saturated rings. The van der Waals surface area contributed by atoms with Crippen molar-refractivity contribution in [3.05, 3.63) is 76.7 Å². The minimum atomic E-state index is -0.673. The average molecular weight is 543 g/mol. The fourth-order valence-corrected chi connectivity index (χ4v) is 4.96. The molecule has 0 radical (unpaired) electrons. The lowest BCUT2D eigenvalue weighted by molar-refractivity contribution is -0.129. The van der Waals surface area contributed by atoms with Crippen LogP contribution in [0.2, 0.25) is 0 Å². The van der Waals surface area contributed by atoms with E-state index in [2.05, 4.69) is 30.1 Å². The predicted molar refractivity (Wildman–Crippen MR) is 149 cm³/mol. The number of benzene rings is 1. The summed E-state index contributed by atoms with van der Waals surface area (Å²) in [5.41, 5.74) is 3.17. The van der Waals surface area contributed by atoms with Crippen LogP contribution in [0.3, 0.4) is 0 Å². The van der Waals surface area contributed by atoms with Gasteiger partial charge in [0, 0.05) is 30.9 Å². The highest BCUT2D eigenvalue weighted by molar-refractivity contribution is 5.83. The molecule has 3 aromatic heterocycles. The lowest BCUT2D eigenvalue weighted by Gasteiger charge is -2.27. The van der Waals surface area contributed by atoms with Crippen LogP contribution in [0.15, 0.2) is 42.2 Å². The molecule has 0 spiro atoms. The van der Waals surface area contributed by atoms with Gasteiger partial charge in [0.05, 0.1) is 11.7 Å². The molecule has 9 nitrogen and oxygen atoms in total. The summed E-state index contributed by atoms with van der Waals surface area (Å²) in [6, 6.07) is 6.63. The summed E-state index contributed by atoms with van der Waals surface area (Å²) < 4.78 is 31.7. The van der Waals surface area contributed by atoms with Gasteiger partial charge >= 0.3 is 5.91 Å². The number of nitrogens with zero attached hydrogens (tertiary/aromatic N) is 7. The number of hydrogen-bond acceptors (Lipinski definition) is 6. The quantitative estimate of drug-likeness (QED) is 0.313. The molecule has 0 bridgehead atoms. The Kier molecular flexibility index (Phi) is 7.51. The van der Waals surface area contributed by atoms with Crippen molar-refractivity contribution in [2.75, 3.05) is 25.0 Å². The van der Waals surface area contributed by atoms with Crippen LogP contribution >= 0.6 is 0 Å². The topological polar surface area (TPSA) is 93.2 Å². The third kappa shape index (κ3) is 5.52. The molecule has 0 unspecified atom stereocenters. The molecule has 40 heavy (non-hydrogen) atoms. The zero-order valence-corrected chi connectivity index (χ0v) is 22.4. The molecule has 4 aromatic rings. The van der Waals surface area contributed by atoms with Crippen LogP contribution in [0.5, 0.6) is 0 Å². The van der Waals surface area contributed by atoms with Crippen molar-refractivity contribution < 1.29 is 13.6 Å². The number of likely N-dealkylation sites (tertiary alicyclic amines) is 1. The van der Waals surface area contributed by atoms with Crippen molar-refractivity contribution in [1.29, 1.82) is 0 Å². The normalized spacial score (nSPS) is 13.5. The van der Waals surface area contributed by atoms with Gasteiger partial charge in [0.1, 0.15) is 22.9 Å². The van der Waals surface area contributed by atoms with Crippen molar-refractivity contribution in [2.24, 2.45) is 0 Å². The van der Waals surface area contributed by atoms with E-state index >= 15 is 0 Å². The van der Waals surface area contributed by atoms with Gasteiger partial charge in [-0.05, 0) is 63.4 Å². The van der Waals surface area contributed by atoms with Crippen molar-refractivity contribution in [1.82, 2.24) is 29.4 Å². The molecule has 1 N–H and O–H groups in total. The largest absolute Gasteiger partial charge is 0.336 e. The Labute approximate surface area is 230 Å². The number of halogens is 2. The summed E-state index contributed by atoms with van der Waals surface area (Å²) >= 11 is 0. The van der Waals surface area contributed by atoms with Crippen LogP contribution in [-0.4, -0.2) is 54.9 Å². The van der Waals surface area contributed by atoms with E-state index in [0.29, 0.717) is 30.2 Å². The van der Waals surface area contributed by atoms with Crippen molar-refractivity contribution in [3.8, 4) is 11.3 Å². The van der Waals surface area contributed by atoms with Gasteiger partial charge in [0.2, 0.25) is 5.95 Å². The number of carbonyl (C=O) groups excluding carboxylic acids is 1. The van der Waals surface area contributed by atoms with Crippen LogP contribution in [0.25, 0.3) is 33.2 Å². The van der Waals surface area contributed by atoms with Gasteiger partial charge < -0.3 is 19.6 Å². The molecule has 204 valence electrons. The second-order valence-electron chi connectivity index (χ2n) is 9.94. The number of aromatic nitrogens is 5. The first kappa shape index (κ1) is 26.9. The van der Waals surface area contributed by atoms with E-state index in [1.54, 1.807) is 23.2 Å². The van der Waals surface area contributed by atoms with Crippen LogP contribution in [0.4, 0.5) is 20.5 Å². The molecule has 0 saturated carbocycles. The highest BCUT2D eigenvalue weighted by Crippen LogP contribution is 2.30. The molecule has 1 aliphatic rings. The second kappa shape index (κ2) is 11.2. The summed E-state index contributed by atoms with van der Waals surface area (Å²) in [4.78, 5) is 33.9. The first-order valence-corrected chi connectivity index (χ1v) is 13.0. The van der Waals surface area contributed by atoms with Crippen LogP contribution < -0.4 is 5.32 Å². The molecule has 1 aromatic carbocycles. The molecule has 0 atom stereocenters. The Balaban J connectivity index is 1.33. The van der Waals surface area contributed by atoms with E-state index in [0.717, 1.165) is 24.6 Å². The monoisotopic (exact) mass is 542 g/mol. The number of carbonyl (C=O) groups is 1. The van der Waals surface area contributed by atoms with Crippen LogP contribution in [-0.2, 0) is 4.79 Å². The van der Waals surface area contributed by atoms with Gasteiger partial charge in [-0.2, -0.15) is 0 Å². The number of aryl methyl sites for hydroxylation is 1. The molecule has 1 aliphatic heterocycles. The highest BCUT2D eigenvalue weighted by Gasteiger charge is 2.21. The minimum Gasteiger partial charge on any atom is -0.336 e. The van der Waals surface area contributed by atoms with Crippen molar-refractivity contribution >= 4 is 34.8 Å². The van der Waals surface area contributed by atoms with E-state index in [4.69, 9.17) is 6.57 Å². The summed E-state index contributed by atoms with van der Waals surface area (Å²) in [6.07, 6.45) is 6.30. The maximum Gasteiger partial charge on any atom is 0.302 e. The maximum absolute atomic E-state index is 15.0. The number of amides is 1. The summed E-state index contributed by atoms with van der Waals surface area (Å²) in [5, 5.41) is 2.99. The van der Waals surface area contributed by atoms with Crippen molar-refractivity contribution in [2.45, 2.75) is 39.7 Å². The van der Waals surface area contributed by atoms with Gasteiger partial charge in [0.15, 0.2) is 11.6 Å². The molecule has 0 aliphatic carbocycles. The smallest absolute Gasteiger partial charge is 0.302 e. The molecule has 4 heterocycles. The molecule has 5 rings (SSSR count). The second-order valence-corrected chi connectivity index (χ2v) is 9.94. The Bertz CT molecular complexity index is 1640. The zero-order chi connectivity index (χ0) is 28.4. The van der Waals surface area contributed by atoms with Crippen LogP contribution in [0.1, 0.15) is 44.1 Å². The van der Waals surface area contributed by atoms with Crippen molar-refractivity contribution in [3.63, 3.8) is 0 Å². The fourth-order valence-electron chi connectivity index (χ4n) is 4.96. The SMILES string of the molecule is [C-]#[N+]CC(=O)N1CCC(=Cc2ccc(Nc3ncc(F)c(-c4cc(F)c5nc(C)n(C(C)C)c5c4)n3)nc2)CC1. The maximum atomic E-state index is 15.0. The van der Waals surface area contributed by atoms with Gasteiger partial charge in [-0.1, -0.05) is 11.6 Å². The predicted octanol–water partition coefficient (Wildman–Crippen LogP) is 5.72. The van der Waals surface area contributed by atoms with Gasteiger partial charge in [-0.15, -0.1) is 0 Å². The van der Waals surface area contributed by atoms with E-state index in [1.807, 2.05) is 37.5 Å². The van der Waals surface area contributed by atoms with Gasteiger partial charge in [-0.25, -0.2) is 35.3 Å². The fraction of sp³-hybridized carbons (Fsp3) is 0.310. The first-order valence-electron chi connectivity index (χ1n) is 13.0. The third-order valence-corrected chi connectivity index (χ3v) is 6.83. The molecule has 11 heteroatoms. The first-order chi connectivity index (χ1) is 19.2. The lowest BCUT2D eigenvalue weighted by Crippen LogP contribution is -2.37. The van der Waals surface area contributed by atoms with E-state index in [9.17, 15) is 13.6 Å². The lowest BCUT2D eigenvalue weighted by atomic mass is 10.0. The Hall–Kier alpha value is -4.72. The number of imidazole rings is 1. The number of hydrogen-bond donors (Lipinski definition) is 1. The third-order valence-electron chi connectivity index (χ3n) is 6.83. The number of fused-ring (bicyclic) bond motifs is 1. The minimum absolute atomic E-state index is 0.0324. The molecule has 1 amide bonds. The number of piperidine rings is 1. The molecular formula is C29H28F2N8O. The highest BCUT2D eigenvalue weighted by atomic mass is 19.1. The van der Waals surface area contributed by atoms with E-state index < -0.39 is 11.6 Å². The number of pyridine rings is 1. The average Bonchev–Trinajstić information content (AvgIpc) is 3.28. The van der Waals surface area contributed by atoms with E-state index in [-0.39, 0.29) is 41.2 Å². The Morgan fingerprint density at radius 2 is 1.90 bits per heavy atom. The molecule has 1 saturated heterocycles. The molecular weight excluding hydrogens is 514 g/mol. The summed E-state index contributed by atoms with van der Waals surface area (Å²) in [7, 11) is 0. The van der Waals surface area contributed by atoms with E-state index in [1.165, 1.54) is 11.6 Å². The van der Waals surface area contributed by atoms with Crippen LogP contribution in [0, 0.1) is 25.1 Å².